The van der Waals surface area contributed by atoms with Crippen molar-refractivity contribution in [2.45, 2.75) is 31.7 Å². The van der Waals surface area contributed by atoms with Crippen LogP contribution in [0.25, 0.3) is 0 Å². The lowest BCUT2D eigenvalue weighted by Gasteiger charge is -2.32. The predicted molar refractivity (Wildman–Crippen MR) is 93.1 cm³/mol. The molecule has 0 bridgehead atoms. The molecule has 3 rings (SSSR count). The van der Waals surface area contributed by atoms with Crippen LogP contribution in [0.3, 0.4) is 0 Å². The molecule has 2 fully saturated rings. The Labute approximate surface area is 144 Å². The van der Waals surface area contributed by atoms with Gasteiger partial charge in [-0.15, -0.1) is 0 Å². The van der Waals surface area contributed by atoms with Gasteiger partial charge in [0.25, 0.3) is 0 Å². The maximum atomic E-state index is 12.2. The fraction of sp³-hybridized carbons (Fsp3) is 0.632. The van der Waals surface area contributed by atoms with Gasteiger partial charge in [0, 0.05) is 19.1 Å². The molecule has 1 aliphatic carbocycles. The first kappa shape index (κ1) is 17.2. The van der Waals surface area contributed by atoms with E-state index in [1.807, 2.05) is 35.2 Å². The van der Waals surface area contributed by atoms with Gasteiger partial charge in [0.15, 0.2) is 0 Å². The number of amides is 1. The van der Waals surface area contributed by atoms with Crippen molar-refractivity contribution in [2.24, 2.45) is 5.92 Å². The Bertz CT molecular complexity index is 497. The van der Waals surface area contributed by atoms with Crippen molar-refractivity contribution in [3.8, 4) is 5.75 Å². The first-order chi connectivity index (χ1) is 11.8. The quantitative estimate of drug-likeness (QED) is 0.704. The zero-order valence-corrected chi connectivity index (χ0v) is 14.3. The molecule has 0 aromatic heterocycles. The molecule has 1 aromatic rings. The maximum absolute atomic E-state index is 12.2. The molecule has 1 aliphatic heterocycles. The van der Waals surface area contributed by atoms with Crippen LogP contribution in [0, 0.1) is 5.92 Å². The second-order valence-corrected chi connectivity index (χ2v) is 6.72. The molecule has 0 atom stereocenters. The molecule has 1 saturated heterocycles. The number of hydrogen-bond donors (Lipinski definition) is 1. The molecular weight excluding hydrogens is 304 g/mol. The first-order valence-electron chi connectivity index (χ1n) is 9.08. The number of para-hydroxylation sites is 1. The molecule has 1 heterocycles. The lowest BCUT2D eigenvalue weighted by atomic mass is 10.0. The maximum Gasteiger partial charge on any atom is 0.248 e. The summed E-state index contributed by atoms with van der Waals surface area (Å²) in [5.41, 5.74) is 0. The minimum Gasteiger partial charge on any atom is -0.491 e. The molecular formula is C19H28N2O3. The van der Waals surface area contributed by atoms with Crippen molar-refractivity contribution >= 4 is 5.91 Å². The van der Waals surface area contributed by atoms with Gasteiger partial charge in [0.2, 0.25) is 5.91 Å². The highest BCUT2D eigenvalue weighted by Gasteiger charge is 2.25. The van der Waals surface area contributed by atoms with Crippen LogP contribution in [0.1, 0.15) is 25.7 Å². The minimum absolute atomic E-state index is 0.0929. The van der Waals surface area contributed by atoms with E-state index in [0.29, 0.717) is 19.3 Å². The Morgan fingerprint density at radius 2 is 1.83 bits per heavy atom. The van der Waals surface area contributed by atoms with Crippen molar-refractivity contribution < 1.29 is 14.3 Å². The van der Waals surface area contributed by atoms with Gasteiger partial charge in [-0.25, -0.2) is 0 Å². The summed E-state index contributed by atoms with van der Waals surface area (Å²) in [7, 11) is 0. The second-order valence-electron chi connectivity index (χ2n) is 6.72. The number of carbonyl (C=O) groups is 1. The van der Waals surface area contributed by atoms with Gasteiger partial charge in [0.05, 0.1) is 6.61 Å². The summed E-state index contributed by atoms with van der Waals surface area (Å²) in [5, 5.41) is 3.63. The Morgan fingerprint density at radius 3 is 2.54 bits per heavy atom. The van der Waals surface area contributed by atoms with Crippen LogP contribution in [0.2, 0.25) is 0 Å². The van der Waals surface area contributed by atoms with E-state index in [1.165, 1.54) is 12.8 Å². The number of benzene rings is 1. The second kappa shape index (κ2) is 9.04. The predicted octanol–water partition coefficient (Wildman–Crippen LogP) is 2.07. The highest BCUT2D eigenvalue weighted by atomic mass is 16.5. The van der Waals surface area contributed by atoms with Crippen molar-refractivity contribution in [1.82, 2.24) is 10.2 Å². The van der Waals surface area contributed by atoms with E-state index in [0.717, 1.165) is 44.1 Å². The number of nitrogens with zero attached hydrogens (tertiary/aromatic N) is 1. The van der Waals surface area contributed by atoms with E-state index in [2.05, 4.69) is 5.32 Å². The lowest BCUT2D eigenvalue weighted by Crippen LogP contribution is -2.46. The fourth-order valence-electron chi connectivity index (χ4n) is 2.97. The summed E-state index contributed by atoms with van der Waals surface area (Å²) >= 11 is 0. The molecule has 1 N–H and O–H groups in total. The summed E-state index contributed by atoms with van der Waals surface area (Å²) in [5.74, 6) is 1.83. The number of rotatable bonds is 9. The van der Waals surface area contributed by atoms with Gasteiger partial charge in [-0.05, 0) is 50.3 Å². The molecule has 5 nitrogen and oxygen atoms in total. The van der Waals surface area contributed by atoms with E-state index in [9.17, 15) is 4.79 Å². The van der Waals surface area contributed by atoms with Gasteiger partial charge in [-0.1, -0.05) is 18.2 Å². The van der Waals surface area contributed by atoms with Gasteiger partial charge < -0.3 is 19.7 Å². The van der Waals surface area contributed by atoms with Crippen LogP contribution in [0.15, 0.2) is 30.3 Å². The molecule has 5 heteroatoms. The van der Waals surface area contributed by atoms with E-state index in [1.54, 1.807) is 0 Å². The standard InChI is InChI=1S/C19H28N2O3/c22-19(15-23-12-13-24-18-4-2-1-3-5-18)21-10-8-17(9-11-21)20-14-16-6-7-16/h1-5,16-17,20H,6-15H2. The van der Waals surface area contributed by atoms with Crippen LogP contribution in [-0.4, -0.2) is 56.3 Å². The summed E-state index contributed by atoms with van der Waals surface area (Å²) in [4.78, 5) is 14.1. The smallest absolute Gasteiger partial charge is 0.248 e. The zero-order valence-electron chi connectivity index (χ0n) is 14.3. The monoisotopic (exact) mass is 332 g/mol. The zero-order chi connectivity index (χ0) is 16.6. The third kappa shape index (κ3) is 5.80. The van der Waals surface area contributed by atoms with E-state index in [-0.39, 0.29) is 12.5 Å². The van der Waals surface area contributed by atoms with Gasteiger partial charge in [0.1, 0.15) is 19.0 Å². The Morgan fingerprint density at radius 1 is 1.08 bits per heavy atom. The average Bonchev–Trinajstić information content (AvgIpc) is 3.45. The van der Waals surface area contributed by atoms with Gasteiger partial charge >= 0.3 is 0 Å². The first-order valence-corrected chi connectivity index (χ1v) is 9.08. The number of piperidine rings is 1. The molecule has 24 heavy (non-hydrogen) atoms. The molecule has 1 amide bonds. The molecule has 0 unspecified atom stereocenters. The molecule has 1 saturated carbocycles. The van der Waals surface area contributed by atoms with E-state index >= 15 is 0 Å². The van der Waals surface area contributed by atoms with Gasteiger partial charge in [-0.3, -0.25) is 4.79 Å². The number of likely N-dealkylation sites (tertiary alicyclic amines) is 1. The molecule has 1 aromatic carbocycles. The van der Waals surface area contributed by atoms with Gasteiger partial charge in [-0.2, -0.15) is 0 Å². The SMILES string of the molecule is O=C(COCCOc1ccccc1)N1CCC(NCC2CC2)CC1. The lowest BCUT2D eigenvalue weighted by molar-refractivity contribution is -0.137. The van der Waals surface area contributed by atoms with E-state index in [4.69, 9.17) is 9.47 Å². The topological polar surface area (TPSA) is 50.8 Å². The number of ether oxygens (including phenoxy) is 2. The Hall–Kier alpha value is -1.59. The van der Waals surface area contributed by atoms with Crippen LogP contribution in [0.4, 0.5) is 0 Å². The highest BCUT2D eigenvalue weighted by Crippen LogP contribution is 2.28. The van der Waals surface area contributed by atoms with E-state index < -0.39 is 0 Å². The number of hydrogen-bond acceptors (Lipinski definition) is 4. The summed E-state index contributed by atoms with van der Waals surface area (Å²) < 4.78 is 11.0. The third-order valence-electron chi connectivity index (χ3n) is 4.70. The molecule has 0 radical (unpaired) electrons. The molecule has 2 aliphatic rings. The summed E-state index contributed by atoms with van der Waals surface area (Å²) in [6.07, 6.45) is 4.87. The third-order valence-corrected chi connectivity index (χ3v) is 4.70. The summed E-state index contributed by atoms with van der Waals surface area (Å²) in [6.45, 7) is 3.88. The minimum atomic E-state index is 0.0929. The van der Waals surface area contributed by atoms with Crippen LogP contribution in [-0.2, 0) is 9.53 Å². The molecule has 132 valence electrons. The molecule has 0 spiro atoms. The van der Waals surface area contributed by atoms with Crippen molar-refractivity contribution in [2.75, 3.05) is 39.5 Å². The summed E-state index contributed by atoms with van der Waals surface area (Å²) in [6, 6.07) is 10.2. The number of carbonyl (C=O) groups excluding carboxylic acids is 1. The Kier molecular flexibility index (Phi) is 6.49. The van der Waals surface area contributed by atoms with Crippen molar-refractivity contribution in [3.63, 3.8) is 0 Å². The fourth-order valence-corrected chi connectivity index (χ4v) is 2.97. The van der Waals surface area contributed by atoms with Crippen LogP contribution >= 0.6 is 0 Å². The van der Waals surface area contributed by atoms with Crippen molar-refractivity contribution in [3.05, 3.63) is 30.3 Å². The van der Waals surface area contributed by atoms with Crippen LogP contribution in [0.5, 0.6) is 5.75 Å². The average molecular weight is 332 g/mol. The van der Waals surface area contributed by atoms with Crippen molar-refractivity contribution in [1.29, 1.82) is 0 Å². The highest BCUT2D eigenvalue weighted by molar-refractivity contribution is 5.77. The van der Waals surface area contributed by atoms with Crippen LogP contribution < -0.4 is 10.1 Å². The Balaban J connectivity index is 1.23. The number of nitrogens with one attached hydrogen (secondary N) is 1. The largest absolute Gasteiger partial charge is 0.491 e. The normalized spacial score (nSPS) is 18.6.